The molecule has 0 radical (unpaired) electrons. The van der Waals surface area contributed by atoms with E-state index in [4.69, 9.17) is 9.97 Å². The number of hydrogen-bond acceptors (Lipinski definition) is 2. The molecule has 0 spiro atoms. The Hall–Kier alpha value is -6.12. The third-order valence-corrected chi connectivity index (χ3v) is 11.7. The van der Waals surface area contributed by atoms with Gasteiger partial charge in [0, 0.05) is 27.5 Å². The van der Waals surface area contributed by atoms with Crippen molar-refractivity contribution in [3.05, 3.63) is 180 Å². The van der Waals surface area contributed by atoms with Gasteiger partial charge in [0.15, 0.2) is 5.82 Å². The van der Waals surface area contributed by atoms with Crippen LogP contribution in [0.25, 0.3) is 78.1 Å². The number of aromatic nitrogens is 2. The highest BCUT2D eigenvalue weighted by Gasteiger charge is 2.38. The fourth-order valence-electron chi connectivity index (χ4n) is 9.14. The number of nitrogens with zero attached hydrogens (tertiary/aromatic N) is 2. The van der Waals surface area contributed by atoms with Gasteiger partial charge in [-0.15, -0.1) is 0 Å². The third kappa shape index (κ3) is 4.43. The second kappa shape index (κ2) is 11.2. The minimum Gasteiger partial charge on any atom is -0.228 e. The van der Waals surface area contributed by atoms with Crippen molar-refractivity contribution >= 4 is 10.8 Å². The van der Waals surface area contributed by atoms with Crippen LogP contribution in [0.4, 0.5) is 0 Å². The second-order valence-electron chi connectivity index (χ2n) is 15.4. The molecule has 0 N–H and O–H groups in total. The first kappa shape index (κ1) is 30.7. The van der Waals surface area contributed by atoms with Gasteiger partial charge in [0.1, 0.15) is 0 Å². The lowest BCUT2D eigenvalue weighted by atomic mass is 9.78. The molecule has 0 amide bonds. The molecule has 0 saturated carbocycles. The van der Waals surface area contributed by atoms with E-state index in [1.165, 1.54) is 61.0 Å². The molecule has 248 valence electrons. The largest absolute Gasteiger partial charge is 0.228 e. The molecule has 0 atom stereocenters. The van der Waals surface area contributed by atoms with Crippen molar-refractivity contribution in [2.24, 2.45) is 0 Å². The van der Waals surface area contributed by atoms with Crippen LogP contribution in [0.2, 0.25) is 0 Å². The van der Waals surface area contributed by atoms with Gasteiger partial charge >= 0.3 is 0 Å². The quantitative estimate of drug-likeness (QED) is 0.187. The maximum Gasteiger partial charge on any atom is 0.161 e. The third-order valence-electron chi connectivity index (χ3n) is 11.7. The molecular formula is C50H38N2. The molecule has 1 heterocycles. The molecule has 2 aliphatic rings. The first-order valence-electron chi connectivity index (χ1n) is 18.3. The van der Waals surface area contributed by atoms with Gasteiger partial charge < -0.3 is 0 Å². The monoisotopic (exact) mass is 666 g/mol. The van der Waals surface area contributed by atoms with Crippen molar-refractivity contribution < 1.29 is 0 Å². The molecule has 0 bridgehead atoms. The summed E-state index contributed by atoms with van der Waals surface area (Å²) in [5.41, 5.74) is 18.1. The van der Waals surface area contributed by atoms with Crippen LogP contribution < -0.4 is 0 Å². The van der Waals surface area contributed by atoms with Crippen LogP contribution in [0.3, 0.4) is 0 Å². The molecule has 2 heteroatoms. The fourth-order valence-corrected chi connectivity index (χ4v) is 9.14. The number of hydrogen-bond donors (Lipinski definition) is 0. The number of benzene rings is 7. The molecule has 52 heavy (non-hydrogen) atoms. The topological polar surface area (TPSA) is 25.8 Å². The summed E-state index contributed by atoms with van der Waals surface area (Å²) in [6, 6.07) is 57.3. The van der Waals surface area contributed by atoms with Gasteiger partial charge in [-0.2, -0.15) is 0 Å². The molecule has 10 rings (SSSR count). The van der Waals surface area contributed by atoms with Crippen molar-refractivity contribution in [1.29, 1.82) is 0 Å². The summed E-state index contributed by atoms with van der Waals surface area (Å²) < 4.78 is 0. The smallest absolute Gasteiger partial charge is 0.161 e. The standard InChI is InChI=1S/C50H38N2/c1-49(2)42-23-12-10-19-36(42)38-26-25-32(29-44(38)49)46-30-45(31-15-6-5-7-16-31)51-48(52-46)41-28-27-35(33-17-8-9-18-34(33)41)39-21-14-22-40-37-20-11-13-24-43(37)50(3,4)47(39)40/h5-30H,1-4H3. The van der Waals surface area contributed by atoms with Crippen LogP contribution in [0.1, 0.15) is 49.9 Å². The maximum atomic E-state index is 5.37. The Bertz CT molecular complexity index is 2730. The highest BCUT2D eigenvalue weighted by molar-refractivity contribution is 6.06. The molecule has 0 saturated heterocycles. The Morgan fingerprint density at radius 1 is 0.346 bits per heavy atom. The highest BCUT2D eigenvalue weighted by atomic mass is 14.9. The average Bonchev–Trinajstić information content (AvgIpc) is 3.57. The van der Waals surface area contributed by atoms with Crippen molar-refractivity contribution in [1.82, 2.24) is 9.97 Å². The summed E-state index contributed by atoms with van der Waals surface area (Å²) in [6.07, 6.45) is 0. The summed E-state index contributed by atoms with van der Waals surface area (Å²) in [6.45, 7) is 9.39. The predicted octanol–water partition coefficient (Wildman–Crippen LogP) is 12.9. The maximum absolute atomic E-state index is 5.37. The van der Waals surface area contributed by atoms with Gasteiger partial charge in [-0.1, -0.05) is 167 Å². The Labute approximate surface area is 305 Å². The van der Waals surface area contributed by atoms with E-state index in [9.17, 15) is 0 Å². The summed E-state index contributed by atoms with van der Waals surface area (Å²) in [7, 11) is 0. The van der Waals surface area contributed by atoms with E-state index in [1.54, 1.807) is 0 Å². The Balaban J connectivity index is 1.16. The van der Waals surface area contributed by atoms with Crippen LogP contribution in [0, 0.1) is 0 Å². The Morgan fingerprint density at radius 3 is 1.58 bits per heavy atom. The van der Waals surface area contributed by atoms with Crippen molar-refractivity contribution in [2.75, 3.05) is 0 Å². The number of rotatable bonds is 4. The molecule has 0 fully saturated rings. The van der Waals surface area contributed by atoms with Crippen LogP contribution in [0.5, 0.6) is 0 Å². The summed E-state index contributed by atoms with van der Waals surface area (Å²) in [4.78, 5) is 10.7. The first-order chi connectivity index (χ1) is 25.3. The van der Waals surface area contributed by atoms with Gasteiger partial charge in [0.25, 0.3) is 0 Å². The summed E-state index contributed by atoms with van der Waals surface area (Å²) in [5, 5.41) is 2.35. The van der Waals surface area contributed by atoms with Crippen LogP contribution in [0.15, 0.2) is 158 Å². The van der Waals surface area contributed by atoms with Crippen LogP contribution in [-0.4, -0.2) is 9.97 Å². The lowest BCUT2D eigenvalue weighted by Crippen LogP contribution is -2.16. The second-order valence-corrected chi connectivity index (χ2v) is 15.4. The number of fused-ring (bicyclic) bond motifs is 7. The van der Waals surface area contributed by atoms with Gasteiger partial charge in [0.2, 0.25) is 0 Å². The zero-order chi connectivity index (χ0) is 35.2. The van der Waals surface area contributed by atoms with Gasteiger partial charge in [-0.3, -0.25) is 0 Å². The normalized spacial score (nSPS) is 14.5. The van der Waals surface area contributed by atoms with E-state index in [-0.39, 0.29) is 10.8 Å². The first-order valence-corrected chi connectivity index (χ1v) is 18.3. The van der Waals surface area contributed by atoms with E-state index in [1.807, 2.05) is 0 Å². The Kier molecular flexibility index (Phi) is 6.60. The lowest BCUT2D eigenvalue weighted by molar-refractivity contribution is 0.660. The molecule has 0 unspecified atom stereocenters. The molecule has 2 nitrogen and oxygen atoms in total. The molecule has 7 aromatic carbocycles. The van der Waals surface area contributed by atoms with Crippen molar-refractivity contribution in [3.63, 3.8) is 0 Å². The predicted molar refractivity (Wildman–Crippen MR) is 216 cm³/mol. The molecule has 2 aliphatic carbocycles. The van der Waals surface area contributed by atoms with Crippen molar-refractivity contribution in [2.45, 2.75) is 38.5 Å². The molecule has 1 aromatic heterocycles. The molecule has 0 aliphatic heterocycles. The highest BCUT2D eigenvalue weighted by Crippen LogP contribution is 2.53. The van der Waals surface area contributed by atoms with E-state index in [2.05, 4.69) is 185 Å². The Morgan fingerprint density at radius 2 is 0.846 bits per heavy atom. The summed E-state index contributed by atoms with van der Waals surface area (Å²) in [5.74, 6) is 0.730. The minimum absolute atomic E-state index is 0.0976. The SMILES string of the molecule is CC1(C)c2ccccc2-c2ccc(-c3cc(-c4ccccc4)nc(-c4ccc(-c5cccc6c5C(C)(C)c5ccccc5-6)c5ccccc45)n3)cc21. The van der Waals surface area contributed by atoms with E-state index >= 15 is 0 Å². The lowest BCUT2D eigenvalue weighted by Gasteiger charge is -2.25. The average molecular weight is 667 g/mol. The van der Waals surface area contributed by atoms with E-state index < -0.39 is 0 Å². The van der Waals surface area contributed by atoms with Crippen LogP contribution >= 0.6 is 0 Å². The molecular weight excluding hydrogens is 629 g/mol. The fraction of sp³-hybridized carbons (Fsp3) is 0.120. The zero-order valence-corrected chi connectivity index (χ0v) is 29.9. The summed E-state index contributed by atoms with van der Waals surface area (Å²) >= 11 is 0. The van der Waals surface area contributed by atoms with E-state index in [0.717, 1.165) is 39.3 Å². The van der Waals surface area contributed by atoms with Gasteiger partial charge in [0.05, 0.1) is 11.4 Å². The zero-order valence-electron chi connectivity index (χ0n) is 29.9. The van der Waals surface area contributed by atoms with Gasteiger partial charge in [-0.05, 0) is 84.6 Å². The van der Waals surface area contributed by atoms with Crippen LogP contribution in [-0.2, 0) is 10.8 Å². The van der Waals surface area contributed by atoms with E-state index in [0.29, 0.717) is 0 Å². The van der Waals surface area contributed by atoms with Crippen molar-refractivity contribution in [3.8, 4) is 67.3 Å². The minimum atomic E-state index is -0.115. The van der Waals surface area contributed by atoms with Gasteiger partial charge in [-0.25, -0.2) is 9.97 Å². The molecule has 8 aromatic rings.